The summed E-state index contributed by atoms with van der Waals surface area (Å²) in [6, 6.07) is 7.48. The van der Waals surface area contributed by atoms with Gasteiger partial charge in [-0.1, -0.05) is 17.8 Å². The number of nitrogens with zero attached hydrogens (tertiary/aromatic N) is 1. The predicted molar refractivity (Wildman–Crippen MR) is 73.9 cm³/mol. The van der Waals surface area contributed by atoms with E-state index in [1.54, 1.807) is 23.1 Å². The fourth-order valence-electron chi connectivity index (χ4n) is 1.29. The van der Waals surface area contributed by atoms with Gasteiger partial charge in [-0.15, -0.1) is 11.3 Å². The van der Waals surface area contributed by atoms with Crippen molar-refractivity contribution in [3.8, 4) is 5.75 Å². The molecule has 2 rings (SSSR count). The summed E-state index contributed by atoms with van der Waals surface area (Å²) in [5.74, 6) is 1.71. The number of anilines is 1. The molecular weight excluding hydrogens is 252 g/mol. The molecule has 1 aromatic carbocycles. The number of aromatic nitrogens is 1. The van der Waals surface area contributed by atoms with Crippen LogP contribution in [0.1, 0.15) is 5.69 Å². The highest BCUT2D eigenvalue weighted by Crippen LogP contribution is 2.22. The fourth-order valence-corrected chi connectivity index (χ4v) is 3.03. The van der Waals surface area contributed by atoms with E-state index >= 15 is 0 Å². The van der Waals surface area contributed by atoms with Gasteiger partial charge in [-0.05, 0) is 19.1 Å². The van der Waals surface area contributed by atoms with Crippen molar-refractivity contribution < 1.29 is 4.74 Å². The van der Waals surface area contributed by atoms with E-state index in [1.807, 2.05) is 31.2 Å². The number of aryl methyl sites for hydroxylation is 1. The lowest BCUT2D eigenvalue weighted by molar-refractivity contribution is 0.344. The van der Waals surface area contributed by atoms with Crippen molar-refractivity contribution in [1.82, 2.24) is 4.98 Å². The monoisotopic (exact) mass is 266 g/mol. The average molecular weight is 266 g/mol. The summed E-state index contributed by atoms with van der Waals surface area (Å²) in [5, 5.41) is 2.06. The smallest absolute Gasteiger partial charge is 0.150 e. The van der Waals surface area contributed by atoms with Gasteiger partial charge >= 0.3 is 0 Å². The molecule has 17 heavy (non-hydrogen) atoms. The maximum absolute atomic E-state index is 5.66. The van der Waals surface area contributed by atoms with Gasteiger partial charge < -0.3 is 10.5 Å². The molecule has 0 unspecified atom stereocenters. The normalized spacial score (nSPS) is 10.4. The number of ether oxygens (including phenoxy) is 1. The number of hydrogen-bond donors (Lipinski definition) is 1. The highest BCUT2D eigenvalue weighted by Gasteiger charge is 1.99. The molecule has 2 aromatic rings. The van der Waals surface area contributed by atoms with Crippen LogP contribution in [0.15, 0.2) is 34.0 Å². The van der Waals surface area contributed by atoms with Gasteiger partial charge in [-0.25, -0.2) is 4.98 Å². The quantitative estimate of drug-likeness (QED) is 0.513. The highest BCUT2D eigenvalue weighted by atomic mass is 32.2. The molecule has 0 saturated heterocycles. The van der Waals surface area contributed by atoms with Crippen LogP contribution in [0.2, 0.25) is 0 Å². The van der Waals surface area contributed by atoms with E-state index in [2.05, 4.69) is 10.4 Å². The lowest BCUT2D eigenvalue weighted by Crippen LogP contribution is -2.00. The molecule has 0 atom stereocenters. The Labute approximate surface area is 109 Å². The Morgan fingerprint density at radius 3 is 3.06 bits per heavy atom. The lowest BCUT2D eigenvalue weighted by atomic mass is 10.3. The van der Waals surface area contributed by atoms with E-state index < -0.39 is 0 Å². The molecule has 0 saturated carbocycles. The molecule has 3 nitrogen and oxygen atoms in total. The molecule has 90 valence electrons. The van der Waals surface area contributed by atoms with Crippen LogP contribution in [0, 0.1) is 6.92 Å². The van der Waals surface area contributed by atoms with E-state index in [0.29, 0.717) is 6.61 Å². The first-order valence-corrected chi connectivity index (χ1v) is 7.14. The Bertz CT molecular complexity index is 485. The molecule has 2 N–H and O–H groups in total. The zero-order valence-electron chi connectivity index (χ0n) is 9.55. The van der Waals surface area contributed by atoms with Crippen LogP contribution in [0.5, 0.6) is 5.75 Å². The molecule has 0 spiro atoms. The minimum absolute atomic E-state index is 0.659. The van der Waals surface area contributed by atoms with Crippen molar-refractivity contribution in [1.29, 1.82) is 0 Å². The summed E-state index contributed by atoms with van der Waals surface area (Å²) in [7, 11) is 0. The van der Waals surface area contributed by atoms with Crippen LogP contribution in [-0.4, -0.2) is 17.3 Å². The van der Waals surface area contributed by atoms with Gasteiger partial charge in [0.1, 0.15) is 10.1 Å². The summed E-state index contributed by atoms with van der Waals surface area (Å²) < 4.78 is 6.69. The average Bonchev–Trinajstić information content (AvgIpc) is 2.71. The maximum Gasteiger partial charge on any atom is 0.150 e. The zero-order valence-corrected chi connectivity index (χ0v) is 11.2. The van der Waals surface area contributed by atoms with E-state index in [9.17, 15) is 0 Å². The van der Waals surface area contributed by atoms with Crippen LogP contribution in [0.3, 0.4) is 0 Å². The van der Waals surface area contributed by atoms with Gasteiger partial charge in [0.2, 0.25) is 0 Å². The number of rotatable bonds is 5. The standard InChI is InChI=1S/C12H14N2OS2/c1-9-8-17-12(14-9)16-6-5-15-11-4-2-3-10(13)7-11/h2-4,7-8H,5-6,13H2,1H3. The first-order chi connectivity index (χ1) is 8.24. The van der Waals surface area contributed by atoms with Gasteiger partial charge in [-0.3, -0.25) is 0 Å². The molecule has 0 amide bonds. The minimum Gasteiger partial charge on any atom is -0.493 e. The summed E-state index contributed by atoms with van der Waals surface area (Å²) in [6.45, 7) is 2.66. The summed E-state index contributed by atoms with van der Waals surface area (Å²) in [4.78, 5) is 4.38. The van der Waals surface area contributed by atoms with Gasteiger partial charge in [-0.2, -0.15) is 0 Å². The molecular formula is C12H14N2OS2. The van der Waals surface area contributed by atoms with Gasteiger partial charge in [0.15, 0.2) is 0 Å². The lowest BCUT2D eigenvalue weighted by Gasteiger charge is -2.05. The molecule has 0 bridgehead atoms. The number of thiazole rings is 1. The van der Waals surface area contributed by atoms with Crippen LogP contribution in [-0.2, 0) is 0 Å². The predicted octanol–water partition coefficient (Wildman–Crippen LogP) is 3.20. The number of nitrogen functional groups attached to an aromatic ring is 1. The van der Waals surface area contributed by atoms with E-state index in [-0.39, 0.29) is 0 Å². The first-order valence-electron chi connectivity index (χ1n) is 5.27. The second-order valence-electron chi connectivity index (χ2n) is 3.52. The van der Waals surface area contributed by atoms with Gasteiger partial charge in [0.05, 0.1) is 6.61 Å². The van der Waals surface area contributed by atoms with Gasteiger partial charge in [0, 0.05) is 28.6 Å². The number of nitrogens with two attached hydrogens (primary N) is 1. The second-order valence-corrected chi connectivity index (χ2v) is 5.72. The van der Waals surface area contributed by atoms with Crippen LogP contribution in [0.4, 0.5) is 5.69 Å². The third-order valence-corrected chi connectivity index (χ3v) is 4.14. The molecule has 0 fully saturated rings. The third-order valence-electron chi connectivity index (χ3n) is 2.03. The molecule has 1 aromatic heterocycles. The van der Waals surface area contributed by atoms with E-state index in [1.165, 1.54) is 0 Å². The minimum atomic E-state index is 0.659. The third kappa shape index (κ3) is 3.94. The van der Waals surface area contributed by atoms with E-state index in [4.69, 9.17) is 10.5 Å². The van der Waals surface area contributed by atoms with Crippen molar-refractivity contribution in [3.05, 3.63) is 35.3 Å². The van der Waals surface area contributed by atoms with Crippen molar-refractivity contribution in [3.63, 3.8) is 0 Å². The van der Waals surface area contributed by atoms with E-state index in [0.717, 1.165) is 27.2 Å². The Morgan fingerprint density at radius 1 is 1.47 bits per heavy atom. The Morgan fingerprint density at radius 2 is 2.35 bits per heavy atom. The van der Waals surface area contributed by atoms with Crippen LogP contribution >= 0.6 is 23.1 Å². The largest absolute Gasteiger partial charge is 0.493 e. The Kier molecular flexibility index (Phi) is 4.28. The molecule has 0 aliphatic rings. The number of hydrogen-bond acceptors (Lipinski definition) is 5. The van der Waals surface area contributed by atoms with Crippen molar-refractivity contribution in [2.75, 3.05) is 18.1 Å². The molecule has 0 aliphatic heterocycles. The van der Waals surface area contributed by atoms with Gasteiger partial charge in [0.25, 0.3) is 0 Å². The Balaban J connectivity index is 1.73. The summed E-state index contributed by atoms with van der Waals surface area (Å²) >= 11 is 3.39. The zero-order chi connectivity index (χ0) is 12.1. The second kappa shape index (κ2) is 5.93. The summed E-state index contributed by atoms with van der Waals surface area (Å²) in [6.07, 6.45) is 0. The van der Waals surface area contributed by atoms with Crippen LogP contribution in [0.25, 0.3) is 0 Å². The molecule has 0 aliphatic carbocycles. The Hall–Kier alpha value is -1.20. The van der Waals surface area contributed by atoms with Crippen molar-refractivity contribution >= 4 is 28.8 Å². The summed E-state index contributed by atoms with van der Waals surface area (Å²) in [5.41, 5.74) is 7.47. The molecule has 1 heterocycles. The number of thioether (sulfide) groups is 1. The molecule has 0 radical (unpaired) electrons. The van der Waals surface area contributed by atoms with Crippen LogP contribution < -0.4 is 10.5 Å². The SMILES string of the molecule is Cc1csc(SCCOc2cccc(N)c2)n1. The van der Waals surface area contributed by atoms with Crippen molar-refractivity contribution in [2.45, 2.75) is 11.3 Å². The number of benzene rings is 1. The van der Waals surface area contributed by atoms with Crippen molar-refractivity contribution in [2.24, 2.45) is 0 Å². The maximum atomic E-state index is 5.66. The fraction of sp³-hybridized carbons (Fsp3) is 0.250. The highest BCUT2D eigenvalue weighted by molar-refractivity contribution is 8.01. The molecule has 5 heteroatoms. The first kappa shape index (κ1) is 12.3. The topological polar surface area (TPSA) is 48.1 Å².